The average Bonchev–Trinajstić information content (AvgIpc) is 3.13. The third-order valence-electron chi connectivity index (χ3n) is 5.96. The van der Waals surface area contributed by atoms with E-state index < -0.39 is 0 Å². The van der Waals surface area contributed by atoms with Crippen LogP contribution in [0.4, 0.5) is 5.69 Å². The quantitative estimate of drug-likeness (QED) is 0.572. The summed E-state index contributed by atoms with van der Waals surface area (Å²) in [4.78, 5) is 17.5. The molecular weight excluding hydrogens is 424 g/mol. The summed E-state index contributed by atoms with van der Waals surface area (Å²) in [6.07, 6.45) is 1.71. The fraction of sp³-hybridized carbons (Fsp3) is 0.192. The highest BCUT2D eigenvalue weighted by Crippen LogP contribution is 2.40. The molecule has 3 aromatic carbocycles. The Labute approximate surface area is 192 Å². The van der Waals surface area contributed by atoms with Crippen LogP contribution in [0.1, 0.15) is 21.5 Å². The normalized spacial score (nSPS) is 17.5. The first-order valence-electron chi connectivity index (χ1n) is 10.7. The Morgan fingerprint density at radius 1 is 0.938 bits per heavy atom. The molecule has 6 heteroatoms. The number of phenols is 1. The zero-order valence-corrected chi connectivity index (χ0v) is 18.3. The molecule has 0 radical (unpaired) electrons. The van der Waals surface area contributed by atoms with Crippen LogP contribution in [0.3, 0.4) is 0 Å². The number of hydrogen-bond acceptors (Lipinski definition) is 5. The van der Waals surface area contributed by atoms with E-state index in [2.05, 4.69) is 34.1 Å². The fourth-order valence-electron chi connectivity index (χ4n) is 4.19. The maximum absolute atomic E-state index is 12.9. The minimum atomic E-state index is -0.176. The molecule has 1 saturated heterocycles. The number of anilines is 1. The van der Waals surface area contributed by atoms with Crippen LogP contribution in [-0.4, -0.2) is 42.0 Å². The maximum atomic E-state index is 12.9. The molecule has 32 heavy (non-hydrogen) atoms. The Hall–Kier alpha value is -3.28. The number of fused-ring (bicyclic) bond motifs is 1. The summed E-state index contributed by atoms with van der Waals surface area (Å²) < 4.78 is 5.98. The number of hydrogen-bond donors (Lipinski definition) is 1. The van der Waals surface area contributed by atoms with E-state index in [1.807, 2.05) is 18.2 Å². The SMILES string of the molecule is O=C1/C(=C/c2ccc(Cl)cc2)Oc2c1ccc(O)c2CN1CCN(c2ccccc2)CC1. The van der Waals surface area contributed by atoms with Crippen molar-refractivity contribution in [2.75, 3.05) is 31.1 Å². The molecule has 0 unspecified atom stereocenters. The number of phenolic OH excluding ortho intramolecular Hbond substituents is 1. The molecule has 5 rings (SSSR count). The molecule has 3 aromatic rings. The topological polar surface area (TPSA) is 53.0 Å². The summed E-state index contributed by atoms with van der Waals surface area (Å²) in [6, 6.07) is 20.8. The minimum Gasteiger partial charge on any atom is -0.507 e. The van der Waals surface area contributed by atoms with Gasteiger partial charge in [0.1, 0.15) is 11.5 Å². The molecule has 0 saturated carbocycles. The molecule has 0 atom stereocenters. The summed E-state index contributed by atoms with van der Waals surface area (Å²) >= 11 is 5.95. The third kappa shape index (κ3) is 4.09. The Morgan fingerprint density at radius 3 is 2.38 bits per heavy atom. The van der Waals surface area contributed by atoms with Crippen LogP contribution in [0.5, 0.6) is 11.5 Å². The standard InChI is InChI=1S/C26H23ClN2O3/c27-19-8-6-18(7-9-19)16-24-25(31)21-10-11-23(30)22(26(21)32-24)17-28-12-14-29(15-13-28)20-4-2-1-3-5-20/h1-11,16,30H,12-15,17H2/b24-16-. The van der Waals surface area contributed by atoms with Crippen LogP contribution in [-0.2, 0) is 6.54 Å². The molecule has 0 spiro atoms. The molecule has 0 aromatic heterocycles. The number of carbonyl (C=O) groups is 1. The minimum absolute atomic E-state index is 0.148. The van der Waals surface area contributed by atoms with Gasteiger partial charge in [-0.15, -0.1) is 0 Å². The molecule has 2 aliphatic rings. The smallest absolute Gasteiger partial charge is 0.231 e. The number of nitrogens with zero attached hydrogens (tertiary/aromatic N) is 2. The van der Waals surface area contributed by atoms with Crippen LogP contribution in [0.15, 0.2) is 72.5 Å². The lowest BCUT2D eigenvalue weighted by molar-refractivity contribution is 0.101. The lowest BCUT2D eigenvalue weighted by Crippen LogP contribution is -2.46. The zero-order chi connectivity index (χ0) is 22.1. The highest BCUT2D eigenvalue weighted by molar-refractivity contribution is 6.30. The maximum Gasteiger partial charge on any atom is 0.231 e. The van der Waals surface area contributed by atoms with Crippen LogP contribution >= 0.6 is 11.6 Å². The van der Waals surface area contributed by atoms with Crippen molar-refractivity contribution in [2.45, 2.75) is 6.54 Å². The van der Waals surface area contributed by atoms with Crippen molar-refractivity contribution < 1.29 is 14.6 Å². The van der Waals surface area contributed by atoms with Crippen molar-refractivity contribution >= 4 is 29.1 Å². The number of halogens is 1. The van der Waals surface area contributed by atoms with E-state index in [9.17, 15) is 9.90 Å². The lowest BCUT2D eigenvalue weighted by Gasteiger charge is -2.36. The molecule has 0 aliphatic carbocycles. The average molecular weight is 447 g/mol. The second-order valence-corrected chi connectivity index (χ2v) is 8.47. The fourth-order valence-corrected chi connectivity index (χ4v) is 4.31. The van der Waals surface area contributed by atoms with Gasteiger partial charge in [-0.2, -0.15) is 0 Å². The van der Waals surface area contributed by atoms with Crippen molar-refractivity contribution in [1.29, 1.82) is 0 Å². The highest BCUT2D eigenvalue weighted by Gasteiger charge is 2.32. The zero-order valence-electron chi connectivity index (χ0n) is 17.5. The number of para-hydroxylation sites is 1. The molecule has 2 heterocycles. The van der Waals surface area contributed by atoms with E-state index in [1.165, 1.54) is 5.69 Å². The monoisotopic (exact) mass is 446 g/mol. The first-order chi connectivity index (χ1) is 15.6. The Bertz CT molecular complexity index is 1170. The number of benzene rings is 3. The summed E-state index contributed by atoms with van der Waals surface area (Å²) in [5.41, 5.74) is 3.19. The molecule has 5 nitrogen and oxygen atoms in total. The lowest BCUT2D eigenvalue weighted by atomic mass is 10.0. The van der Waals surface area contributed by atoms with Gasteiger partial charge in [0.15, 0.2) is 5.76 Å². The van der Waals surface area contributed by atoms with Gasteiger partial charge in [0, 0.05) is 43.4 Å². The molecular formula is C26H23ClN2O3. The van der Waals surface area contributed by atoms with Gasteiger partial charge in [-0.25, -0.2) is 0 Å². The van der Waals surface area contributed by atoms with E-state index in [-0.39, 0.29) is 17.3 Å². The van der Waals surface area contributed by atoms with Crippen LogP contribution < -0.4 is 9.64 Å². The summed E-state index contributed by atoms with van der Waals surface area (Å²) in [5.74, 6) is 0.684. The highest BCUT2D eigenvalue weighted by atomic mass is 35.5. The molecule has 162 valence electrons. The second-order valence-electron chi connectivity index (χ2n) is 8.03. The number of allylic oxidation sites excluding steroid dienone is 1. The van der Waals surface area contributed by atoms with Gasteiger partial charge in [0.2, 0.25) is 5.78 Å². The van der Waals surface area contributed by atoms with Crippen molar-refractivity contribution in [1.82, 2.24) is 4.90 Å². The first kappa shape index (κ1) is 20.6. The molecule has 2 aliphatic heterocycles. The number of piperazine rings is 1. The van der Waals surface area contributed by atoms with Gasteiger partial charge in [-0.05, 0) is 48.0 Å². The molecule has 0 amide bonds. The van der Waals surface area contributed by atoms with Crippen molar-refractivity contribution in [3.05, 3.63) is 94.2 Å². The first-order valence-corrected chi connectivity index (χ1v) is 11.0. The van der Waals surface area contributed by atoms with Gasteiger partial charge in [-0.1, -0.05) is 41.9 Å². The number of aromatic hydroxyl groups is 1. The molecule has 1 fully saturated rings. The molecule has 1 N–H and O–H groups in total. The van der Waals surface area contributed by atoms with E-state index in [1.54, 1.807) is 30.3 Å². The van der Waals surface area contributed by atoms with E-state index >= 15 is 0 Å². The van der Waals surface area contributed by atoms with Gasteiger partial charge in [0.05, 0.1) is 11.1 Å². The van der Waals surface area contributed by atoms with Gasteiger partial charge in [0.25, 0.3) is 0 Å². The second kappa shape index (κ2) is 8.69. The number of carbonyl (C=O) groups excluding carboxylic acids is 1. The molecule has 0 bridgehead atoms. The predicted octanol–water partition coefficient (Wildman–Crippen LogP) is 4.98. The van der Waals surface area contributed by atoms with Gasteiger partial charge < -0.3 is 14.7 Å². The summed E-state index contributed by atoms with van der Waals surface area (Å²) in [5, 5.41) is 11.2. The van der Waals surface area contributed by atoms with Crippen LogP contribution in [0, 0.1) is 0 Å². The van der Waals surface area contributed by atoms with E-state index in [0.29, 0.717) is 28.4 Å². The number of rotatable bonds is 4. The van der Waals surface area contributed by atoms with Crippen molar-refractivity contribution in [3.63, 3.8) is 0 Å². The van der Waals surface area contributed by atoms with Gasteiger partial charge >= 0.3 is 0 Å². The van der Waals surface area contributed by atoms with Crippen LogP contribution in [0.2, 0.25) is 5.02 Å². The number of Topliss-reactive ketones (excluding diaryl/α,β-unsaturated/α-hetero) is 1. The summed E-state index contributed by atoms with van der Waals surface area (Å²) in [6.45, 7) is 4.06. The largest absolute Gasteiger partial charge is 0.507 e. The van der Waals surface area contributed by atoms with Crippen LogP contribution in [0.25, 0.3) is 6.08 Å². The number of ether oxygens (including phenoxy) is 1. The van der Waals surface area contributed by atoms with Gasteiger partial charge in [-0.3, -0.25) is 9.69 Å². The van der Waals surface area contributed by atoms with E-state index in [4.69, 9.17) is 16.3 Å². The third-order valence-corrected chi connectivity index (χ3v) is 6.21. The number of ketones is 1. The Morgan fingerprint density at radius 2 is 1.66 bits per heavy atom. The van der Waals surface area contributed by atoms with E-state index in [0.717, 1.165) is 31.7 Å². The van der Waals surface area contributed by atoms with Crippen molar-refractivity contribution in [3.8, 4) is 11.5 Å². The Kier molecular flexibility index (Phi) is 5.60. The Balaban J connectivity index is 1.33. The summed E-state index contributed by atoms with van der Waals surface area (Å²) in [7, 11) is 0. The van der Waals surface area contributed by atoms with Crippen molar-refractivity contribution in [2.24, 2.45) is 0 Å². The predicted molar refractivity (Wildman–Crippen MR) is 126 cm³/mol.